The molecule has 2 rings (SSSR count). The first-order valence-corrected chi connectivity index (χ1v) is 7.32. The van der Waals surface area contributed by atoms with E-state index in [1.165, 1.54) is 24.0 Å². The smallest absolute Gasteiger partial charge is 0.351 e. The van der Waals surface area contributed by atoms with Gasteiger partial charge in [-0.2, -0.15) is 0 Å². The molecule has 0 spiro atoms. The molecule has 0 amide bonds. The van der Waals surface area contributed by atoms with E-state index in [1.54, 1.807) is 0 Å². The SMILES string of the molecule is COC(=O)c1sc(Nc2cccc(C(C)C)c2)nc1Cl. The highest BCUT2D eigenvalue weighted by molar-refractivity contribution is 7.18. The third-order valence-corrected chi connectivity index (χ3v) is 4.10. The van der Waals surface area contributed by atoms with E-state index in [0.717, 1.165) is 5.69 Å². The van der Waals surface area contributed by atoms with Crippen LogP contribution in [0.5, 0.6) is 0 Å². The van der Waals surface area contributed by atoms with E-state index in [2.05, 4.69) is 41.0 Å². The summed E-state index contributed by atoms with van der Waals surface area (Å²) in [6, 6.07) is 8.05. The number of hydrogen-bond donors (Lipinski definition) is 1. The monoisotopic (exact) mass is 310 g/mol. The fourth-order valence-electron chi connectivity index (χ4n) is 1.67. The molecule has 0 radical (unpaired) electrons. The van der Waals surface area contributed by atoms with Gasteiger partial charge in [0.25, 0.3) is 0 Å². The number of aromatic nitrogens is 1. The molecular formula is C14H15ClN2O2S. The van der Waals surface area contributed by atoms with Crippen LogP contribution in [0.3, 0.4) is 0 Å². The molecule has 0 aliphatic rings. The van der Waals surface area contributed by atoms with Crippen LogP contribution in [0.2, 0.25) is 5.15 Å². The van der Waals surface area contributed by atoms with Crippen molar-refractivity contribution in [2.45, 2.75) is 19.8 Å². The molecule has 1 aromatic heterocycles. The Labute approximate surface area is 126 Å². The molecule has 106 valence electrons. The Morgan fingerprint density at radius 3 is 2.85 bits per heavy atom. The van der Waals surface area contributed by atoms with Crippen molar-refractivity contribution in [2.75, 3.05) is 12.4 Å². The van der Waals surface area contributed by atoms with Crippen molar-refractivity contribution < 1.29 is 9.53 Å². The summed E-state index contributed by atoms with van der Waals surface area (Å²) in [5.74, 6) is -0.0289. The van der Waals surface area contributed by atoms with Crippen molar-refractivity contribution in [2.24, 2.45) is 0 Å². The minimum Gasteiger partial charge on any atom is -0.465 e. The Balaban J connectivity index is 2.22. The fraction of sp³-hybridized carbons (Fsp3) is 0.286. The van der Waals surface area contributed by atoms with Crippen LogP contribution in [0, 0.1) is 0 Å². The summed E-state index contributed by atoms with van der Waals surface area (Å²) in [4.78, 5) is 15.9. The summed E-state index contributed by atoms with van der Waals surface area (Å²) in [6.45, 7) is 4.27. The number of esters is 1. The van der Waals surface area contributed by atoms with Crippen LogP contribution < -0.4 is 5.32 Å². The average Bonchev–Trinajstić information content (AvgIpc) is 2.79. The average molecular weight is 311 g/mol. The van der Waals surface area contributed by atoms with E-state index < -0.39 is 5.97 Å². The molecule has 0 saturated heterocycles. The van der Waals surface area contributed by atoms with Crippen molar-refractivity contribution in [3.63, 3.8) is 0 Å². The molecule has 1 N–H and O–H groups in total. The Kier molecular flexibility index (Phi) is 4.62. The minimum absolute atomic E-state index is 0.157. The quantitative estimate of drug-likeness (QED) is 0.848. The van der Waals surface area contributed by atoms with Gasteiger partial charge < -0.3 is 10.1 Å². The predicted molar refractivity (Wildman–Crippen MR) is 82.3 cm³/mol. The molecule has 0 aliphatic carbocycles. The van der Waals surface area contributed by atoms with E-state index in [1.807, 2.05) is 12.1 Å². The molecule has 1 aromatic carbocycles. The lowest BCUT2D eigenvalue weighted by atomic mass is 10.0. The first-order chi connectivity index (χ1) is 9.51. The van der Waals surface area contributed by atoms with Gasteiger partial charge in [-0.25, -0.2) is 9.78 Å². The Morgan fingerprint density at radius 2 is 2.20 bits per heavy atom. The normalized spacial score (nSPS) is 10.7. The second-order valence-electron chi connectivity index (χ2n) is 4.54. The first-order valence-electron chi connectivity index (χ1n) is 6.13. The summed E-state index contributed by atoms with van der Waals surface area (Å²) in [6.07, 6.45) is 0. The van der Waals surface area contributed by atoms with Gasteiger partial charge in [0.1, 0.15) is 0 Å². The summed E-state index contributed by atoms with van der Waals surface area (Å²) < 4.78 is 4.65. The fourth-order valence-corrected chi connectivity index (χ4v) is 2.80. The van der Waals surface area contributed by atoms with Gasteiger partial charge in [0.05, 0.1) is 7.11 Å². The maximum absolute atomic E-state index is 11.5. The Morgan fingerprint density at radius 1 is 1.45 bits per heavy atom. The zero-order valence-electron chi connectivity index (χ0n) is 11.4. The maximum atomic E-state index is 11.5. The van der Waals surface area contributed by atoms with Gasteiger partial charge in [0.2, 0.25) is 0 Å². The van der Waals surface area contributed by atoms with Crippen LogP contribution in [0.4, 0.5) is 10.8 Å². The third-order valence-electron chi connectivity index (χ3n) is 2.76. The molecular weight excluding hydrogens is 296 g/mol. The van der Waals surface area contributed by atoms with Crippen molar-refractivity contribution >= 4 is 39.7 Å². The van der Waals surface area contributed by atoms with Gasteiger partial charge >= 0.3 is 5.97 Å². The highest BCUT2D eigenvalue weighted by atomic mass is 35.5. The van der Waals surface area contributed by atoms with E-state index >= 15 is 0 Å². The number of thiazole rings is 1. The van der Waals surface area contributed by atoms with Gasteiger partial charge in [-0.05, 0) is 23.6 Å². The second kappa shape index (κ2) is 6.24. The Hall–Kier alpha value is -1.59. The predicted octanol–water partition coefficient (Wildman–Crippen LogP) is 4.45. The number of nitrogens with zero attached hydrogens (tertiary/aromatic N) is 1. The topological polar surface area (TPSA) is 51.2 Å². The summed E-state index contributed by atoms with van der Waals surface area (Å²) >= 11 is 7.10. The van der Waals surface area contributed by atoms with E-state index in [0.29, 0.717) is 15.9 Å². The number of methoxy groups -OCH3 is 1. The molecule has 2 aromatic rings. The molecule has 6 heteroatoms. The van der Waals surface area contributed by atoms with Crippen LogP contribution in [-0.4, -0.2) is 18.1 Å². The van der Waals surface area contributed by atoms with Crippen LogP contribution >= 0.6 is 22.9 Å². The largest absolute Gasteiger partial charge is 0.465 e. The van der Waals surface area contributed by atoms with Crippen LogP contribution in [-0.2, 0) is 4.74 Å². The lowest BCUT2D eigenvalue weighted by molar-refractivity contribution is 0.0606. The molecule has 0 bridgehead atoms. The molecule has 20 heavy (non-hydrogen) atoms. The summed E-state index contributed by atoms with van der Waals surface area (Å²) in [7, 11) is 1.32. The second-order valence-corrected chi connectivity index (χ2v) is 5.89. The molecule has 0 aliphatic heterocycles. The van der Waals surface area contributed by atoms with Crippen molar-refractivity contribution in [1.82, 2.24) is 4.98 Å². The van der Waals surface area contributed by atoms with Gasteiger partial charge in [0.15, 0.2) is 15.2 Å². The maximum Gasteiger partial charge on any atom is 0.351 e. The number of nitrogens with one attached hydrogen (secondary N) is 1. The van der Waals surface area contributed by atoms with Crippen LogP contribution in [0.1, 0.15) is 35.0 Å². The number of halogens is 1. The van der Waals surface area contributed by atoms with E-state index in [4.69, 9.17) is 11.6 Å². The molecule has 0 atom stereocenters. The van der Waals surface area contributed by atoms with Crippen LogP contribution in [0.15, 0.2) is 24.3 Å². The number of rotatable bonds is 4. The van der Waals surface area contributed by atoms with Crippen LogP contribution in [0.25, 0.3) is 0 Å². The summed E-state index contributed by atoms with van der Waals surface area (Å²) in [5, 5.41) is 3.88. The van der Waals surface area contributed by atoms with Gasteiger partial charge in [0, 0.05) is 5.69 Å². The standard InChI is InChI=1S/C14H15ClN2O2S/c1-8(2)9-5-4-6-10(7-9)16-14-17-12(15)11(20-14)13(18)19-3/h4-8H,1-3H3,(H,16,17). The van der Waals surface area contributed by atoms with Crippen molar-refractivity contribution in [3.8, 4) is 0 Å². The number of carbonyl (C=O) groups is 1. The molecule has 4 nitrogen and oxygen atoms in total. The number of benzene rings is 1. The number of carbonyl (C=O) groups excluding carboxylic acids is 1. The third kappa shape index (κ3) is 3.29. The molecule has 0 saturated carbocycles. The highest BCUT2D eigenvalue weighted by Crippen LogP contribution is 2.30. The zero-order valence-corrected chi connectivity index (χ0v) is 13.0. The van der Waals surface area contributed by atoms with Crippen molar-refractivity contribution in [1.29, 1.82) is 0 Å². The van der Waals surface area contributed by atoms with E-state index in [9.17, 15) is 4.79 Å². The van der Waals surface area contributed by atoms with Gasteiger partial charge in [-0.1, -0.05) is 48.9 Å². The number of hydrogen-bond acceptors (Lipinski definition) is 5. The zero-order chi connectivity index (χ0) is 14.7. The Bertz CT molecular complexity index is 625. The highest BCUT2D eigenvalue weighted by Gasteiger charge is 2.17. The summed E-state index contributed by atoms with van der Waals surface area (Å²) in [5.41, 5.74) is 2.14. The van der Waals surface area contributed by atoms with E-state index in [-0.39, 0.29) is 5.15 Å². The molecule has 0 fully saturated rings. The van der Waals surface area contributed by atoms with Gasteiger partial charge in [-0.15, -0.1) is 0 Å². The first kappa shape index (κ1) is 14.8. The lowest BCUT2D eigenvalue weighted by Gasteiger charge is -2.08. The van der Waals surface area contributed by atoms with Crippen molar-refractivity contribution in [3.05, 3.63) is 39.9 Å². The lowest BCUT2D eigenvalue weighted by Crippen LogP contribution is -1.98. The number of anilines is 2. The molecule has 1 heterocycles. The van der Waals surface area contributed by atoms with Gasteiger partial charge in [-0.3, -0.25) is 0 Å². The minimum atomic E-state index is -0.475. The molecule has 0 unspecified atom stereocenters. The number of ether oxygens (including phenoxy) is 1.